The average molecular weight is 347 g/mol. The van der Waals surface area contributed by atoms with Gasteiger partial charge in [0.25, 0.3) is 5.91 Å². The number of carbonyl (C=O) groups excluding carboxylic acids is 1. The molecule has 3 nitrogen and oxygen atoms in total. The van der Waals surface area contributed by atoms with Crippen molar-refractivity contribution in [3.8, 4) is 0 Å². The Morgan fingerprint density at radius 1 is 1.21 bits per heavy atom. The van der Waals surface area contributed by atoms with Gasteiger partial charge in [-0.3, -0.25) is 4.79 Å². The monoisotopic (exact) mass is 347 g/mol. The van der Waals surface area contributed by atoms with Crippen LogP contribution in [-0.2, 0) is 11.3 Å². The number of nitrogens with one attached hydrogen (secondary N) is 1. The molecule has 0 radical (unpaired) electrons. The van der Waals surface area contributed by atoms with E-state index in [9.17, 15) is 13.6 Å². The van der Waals surface area contributed by atoms with E-state index in [0.717, 1.165) is 16.9 Å². The second-order valence-electron chi connectivity index (χ2n) is 5.39. The summed E-state index contributed by atoms with van der Waals surface area (Å²) in [6.45, 7) is 1.86. The van der Waals surface area contributed by atoms with Crippen molar-refractivity contribution in [2.75, 3.05) is 12.4 Å². The molecule has 0 fully saturated rings. The van der Waals surface area contributed by atoms with Crippen molar-refractivity contribution in [3.05, 3.63) is 64.0 Å². The van der Waals surface area contributed by atoms with Crippen LogP contribution in [0.4, 0.5) is 14.5 Å². The fourth-order valence-electron chi connectivity index (χ4n) is 2.53. The Hall–Kier alpha value is -2.31. The van der Waals surface area contributed by atoms with Crippen molar-refractivity contribution in [1.29, 1.82) is 0 Å². The molecule has 3 rings (SSSR count). The molecule has 0 unspecified atom stereocenters. The summed E-state index contributed by atoms with van der Waals surface area (Å²) in [5, 5.41) is 2.93. The summed E-state index contributed by atoms with van der Waals surface area (Å²) >= 11 is 1.16. The Bertz CT molecular complexity index is 921. The summed E-state index contributed by atoms with van der Waals surface area (Å²) in [6, 6.07) is 9.23. The molecule has 1 amide bonds. The summed E-state index contributed by atoms with van der Waals surface area (Å²) in [5.74, 6) is -1.40. The standard InChI is InChI=1S/C18H15F2NO2S/c1-10-6-7-14(13(20)8-10)21-18(22)17-11(9-23-2)16-12(19)4-3-5-15(16)24-17/h3-8H,9H2,1-2H3,(H,21,22). The molecule has 1 N–H and O–H groups in total. The number of methoxy groups -OCH3 is 1. The molecule has 0 saturated carbocycles. The van der Waals surface area contributed by atoms with Crippen molar-refractivity contribution >= 4 is 33.0 Å². The lowest BCUT2D eigenvalue weighted by Crippen LogP contribution is -2.13. The molecule has 6 heteroatoms. The van der Waals surface area contributed by atoms with Crippen molar-refractivity contribution in [3.63, 3.8) is 0 Å². The van der Waals surface area contributed by atoms with Crippen LogP contribution in [0.2, 0.25) is 0 Å². The molecular formula is C18H15F2NO2S. The summed E-state index contributed by atoms with van der Waals surface area (Å²) < 4.78 is 33.9. The highest BCUT2D eigenvalue weighted by Gasteiger charge is 2.21. The summed E-state index contributed by atoms with van der Waals surface area (Å²) in [6.07, 6.45) is 0. The highest BCUT2D eigenvalue weighted by Crippen LogP contribution is 2.34. The Morgan fingerprint density at radius 2 is 2.00 bits per heavy atom. The van der Waals surface area contributed by atoms with E-state index >= 15 is 0 Å². The highest BCUT2D eigenvalue weighted by molar-refractivity contribution is 7.21. The molecule has 0 bridgehead atoms. The van der Waals surface area contributed by atoms with E-state index < -0.39 is 17.5 Å². The van der Waals surface area contributed by atoms with Crippen LogP contribution in [0.15, 0.2) is 36.4 Å². The maximum atomic E-state index is 14.1. The number of aryl methyl sites for hydroxylation is 1. The first-order valence-corrected chi connectivity index (χ1v) is 8.09. The van der Waals surface area contributed by atoms with E-state index in [1.807, 2.05) is 0 Å². The quantitative estimate of drug-likeness (QED) is 0.730. The first kappa shape index (κ1) is 16.5. The molecule has 0 aliphatic carbocycles. The van der Waals surface area contributed by atoms with Crippen LogP contribution in [0.1, 0.15) is 20.8 Å². The molecular weight excluding hydrogens is 332 g/mol. The van der Waals surface area contributed by atoms with Gasteiger partial charge in [0.15, 0.2) is 0 Å². The van der Waals surface area contributed by atoms with Crippen molar-refractivity contribution < 1.29 is 18.3 Å². The zero-order valence-corrected chi connectivity index (χ0v) is 14.0. The second-order valence-corrected chi connectivity index (χ2v) is 6.45. The minimum atomic E-state index is -0.510. The van der Waals surface area contributed by atoms with Crippen molar-refractivity contribution in [2.24, 2.45) is 0 Å². The van der Waals surface area contributed by atoms with Crippen LogP contribution in [0.5, 0.6) is 0 Å². The van der Waals surface area contributed by atoms with Gasteiger partial charge in [0, 0.05) is 22.8 Å². The zero-order chi connectivity index (χ0) is 17.3. The van der Waals surface area contributed by atoms with Gasteiger partial charge in [-0.15, -0.1) is 11.3 Å². The maximum absolute atomic E-state index is 14.1. The van der Waals surface area contributed by atoms with E-state index in [-0.39, 0.29) is 12.3 Å². The van der Waals surface area contributed by atoms with Gasteiger partial charge in [-0.2, -0.15) is 0 Å². The van der Waals surface area contributed by atoms with Gasteiger partial charge in [-0.05, 0) is 36.8 Å². The zero-order valence-electron chi connectivity index (χ0n) is 13.2. The summed E-state index contributed by atoms with van der Waals surface area (Å²) in [5.41, 5.74) is 1.32. The Labute approximate surface area is 141 Å². The van der Waals surface area contributed by atoms with E-state index in [2.05, 4.69) is 5.32 Å². The fraction of sp³-hybridized carbons (Fsp3) is 0.167. The lowest BCUT2D eigenvalue weighted by atomic mass is 10.1. The van der Waals surface area contributed by atoms with Crippen molar-refractivity contribution in [2.45, 2.75) is 13.5 Å². The van der Waals surface area contributed by atoms with E-state index in [4.69, 9.17) is 4.74 Å². The third kappa shape index (κ3) is 3.02. The molecule has 1 aromatic heterocycles. The third-order valence-electron chi connectivity index (χ3n) is 3.63. The molecule has 1 heterocycles. The lowest BCUT2D eigenvalue weighted by Gasteiger charge is -2.08. The highest BCUT2D eigenvalue weighted by atomic mass is 32.1. The minimum absolute atomic E-state index is 0.0897. The number of fused-ring (bicyclic) bond motifs is 1. The number of hydrogen-bond acceptors (Lipinski definition) is 3. The number of carbonyl (C=O) groups is 1. The number of amides is 1. The van der Waals surface area contributed by atoms with Crippen LogP contribution in [-0.4, -0.2) is 13.0 Å². The number of hydrogen-bond donors (Lipinski definition) is 1. The van der Waals surface area contributed by atoms with Gasteiger partial charge >= 0.3 is 0 Å². The first-order valence-electron chi connectivity index (χ1n) is 7.27. The van der Waals surface area contributed by atoms with Crippen LogP contribution >= 0.6 is 11.3 Å². The van der Waals surface area contributed by atoms with Gasteiger partial charge in [-0.1, -0.05) is 12.1 Å². The molecule has 0 atom stereocenters. The number of thiophene rings is 1. The Morgan fingerprint density at radius 3 is 2.71 bits per heavy atom. The number of halogens is 2. The van der Waals surface area contributed by atoms with Gasteiger partial charge in [0.05, 0.1) is 17.2 Å². The first-order chi connectivity index (χ1) is 11.5. The number of rotatable bonds is 4. The molecule has 0 aliphatic rings. The Balaban J connectivity index is 2.03. The molecule has 0 aliphatic heterocycles. The van der Waals surface area contributed by atoms with Gasteiger partial charge in [0.1, 0.15) is 11.6 Å². The summed E-state index contributed by atoms with van der Waals surface area (Å²) in [4.78, 5) is 12.9. The maximum Gasteiger partial charge on any atom is 0.266 e. The fourth-order valence-corrected chi connectivity index (χ4v) is 3.65. The van der Waals surface area contributed by atoms with Crippen molar-refractivity contribution in [1.82, 2.24) is 0 Å². The SMILES string of the molecule is COCc1c(C(=O)Nc2ccc(C)cc2F)sc2cccc(F)c12. The van der Waals surface area contributed by atoms with Gasteiger partial charge in [-0.25, -0.2) is 8.78 Å². The number of anilines is 1. The topological polar surface area (TPSA) is 38.3 Å². The van der Waals surface area contributed by atoms with Gasteiger partial charge < -0.3 is 10.1 Å². The van der Waals surface area contributed by atoms with Gasteiger partial charge in [0.2, 0.25) is 0 Å². The third-order valence-corrected chi connectivity index (χ3v) is 4.83. The molecule has 2 aromatic carbocycles. The van der Waals surface area contributed by atoms with E-state index in [1.54, 1.807) is 25.1 Å². The smallest absolute Gasteiger partial charge is 0.266 e. The predicted molar refractivity (Wildman–Crippen MR) is 91.6 cm³/mol. The molecule has 124 valence electrons. The predicted octanol–water partition coefficient (Wildman–Crippen LogP) is 4.89. The molecule has 3 aromatic rings. The van der Waals surface area contributed by atoms with Crippen LogP contribution in [0.25, 0.3) is 10.1 Å². The van der Waals surface area contributed by atoms with E-state index in [0.29, 0.717) is 20.5 Å². The van der Waals surface area contributed by atoms with E-state index in [1.165, 1.54) is 25.3 Å². The molecule has 0 saturated heterocycles. The largest absolute Gasteiger partial charge is 0.380 e. The van der Waals surface area contributed by atoms with Crippen LogP contribution < -0.4 is 5.32 Å². The number of benzene rings is 2. The Kier molecular flexibility index (Phi) is 4.59. The van der Waals surface area contributed by atoms with Crippen LogP contribution in [0.3, 0.4) is 0 Å². The normalized spacial score (nSPS) is 11.0. The summed E-state index contributed by atoms with van der Waals surface area (Å²) in [7, 11) is 1.48. The average Bonchev–Trinajstić information content (AvgIpc) is 2.91. The molecule has 24 heavy (non-hydrogen) atoms. The minimum Gasteiger partial charge on any atom is -0.380 e. The lowest BCUT2D eigenvalue weighted by molar-refractivity contribution is 0.102. The second kappa shape index (κ2) is 6.67. The van der Waals surface area contributed by atoms with Crippen LogP contribution in [0, 0.1) is 18.6 Å². The number of ether oxygens (including phenoxy) is 1. The molecule has 0 spiro atoms.